The highest BCUT2D eigenvalue weighted by Gasteiger charge is 2.39. The molecule has 1 aromatic carbocycles. The Morgan fingerprint density at radius 3 is 2.19 bits per heavy atom. The smallest absolute Gasteiger partial charge is 0.317 e. The molecule has 1 aromatic heterocycles. The Hall–Kier alpha value is -3.02. The Bertz CT molecular complexity index is 761. The average molecular weight is 369 g/mol. The van der Waals surface area contributed by atoms with E-state index in [9.17, 15) is 14.4 Å². The molecule has 0 aliphatic rings. The quantitative estimate of drug-likeness (QED) is 0.384. The maximum atomic E-state index is 13.1. The van der Waals surface area contributed by atoms with Gasteiger partial charge in [0, 0.05) is 12.1 Å². The minimum absolute atomic E-state index is 0.111. The van der Waals surface area contributed by atoms with E-state index < -0.39 is 29.6 Å². The van der Waals surface area contributed by atoms with Gasteiger partial charge in [0.25, 0.3) is 0 Å². The molecule has 0 bridgehead atoms. The zero-order valence-electron chi connectivity index (χ0n) is 15.5. The van der Waals surface area contributed by atoms with Gasteiger partial charge in [0.1, 0.15) is 11.6 Å². The molecule has 6 heteroatoms. The lowest BCUT2D eigenvalue weighted by atomic mass is 9.80. The zero-order valence-corrected chi connectivity index (χ0v) is 15.5. The summed E-state index contributed by atoms with van der Waals surface area (Å²) < 4.78 is 10.2. The third kappa shape index (κ3) is 5.48. The van der Waals surface area contributed by atoms with E-state index in [2.05, 4.69) is 4.98 Å². The average Bonchev–Trinajstić information content (AvgIpc) is 2.69. The van der Waals surface area contributed by atoms with Crippen molar-refractivity contribution < 1.29 is 23.9 Å². The summed E-state index contributed by atoms with van der Waals surface area (Å²) in [5, 5.41) is 0. The van der Waals surface area contributed by atoms with Gasteiger partial charge in [0.2, 0.25) is 0 Å². The van der Waals surface area contributed by atoms with Crippen molar-refractivity contribution in [3.63, 3.8) is 0 Å². The van der Waals surface area contributed by atoms with Gasteiger partial charge in [-0.25, -0.2) is 0 Å². The van der Waals surface area contributed by atoms with Gasteiger partial charge in [0.15, 0.2) is 5.78 Å². The van der Waals surface area contributed by atoms with Crippen molar-refractivity contribution in [2.75, 3.05) is 13.2 Å². The zero-order chi connectivity index (χ0) is 19.6. The summed E-state index contributed by atoms with van der Waals surface area (Å²) in [5.41, 5.74) is 0.841. The second-order valence-corrected chi connectivity index (χ2v) is 5.84. The van der Waals surface area contributed by atoms with Crippen LogP contribution in [0.15, 0.2) is 54.7 Å². The number of ether oxygens (including phenoxy) is 2. The van der Waals surface area contributed by atoms with Crippen molar-refractivity contribution in [3.8, 4) is 0 Å². The number of benzene rings is 1. The van der Waals surface area contributed by atoms with Gasteiger partial charge in [-0.1, -0.05) is 36.4 Å². The van der Waals surface area contributed by atoms with Crippen LogP contribution in [0.25, 0.3) is 0 Å². The predicted octanol–water partition coefficient (Wildman–Crippen LogP) is 3.18. The van der Waals surface area contributed by atoms with Gasteiger partial charge < -0.3 is 9.47 Å². The van der Waals surface area contributed by atoms with Gasteiger partial charge in [-0.05, 0) is 31.5 Å². The molecule has 0 saturated carbocycles. The number of nitrogens with zero attached hydrogens (tertiary/aromatic N) is 1. The highest BCUT2D eigenvalue weighted by Crippen LogP contribution is 2.32. The molecular formula is C21H23NO5. The maximum absolute atomic E-state index is 13.1. The number of pyridine rings is 1. The SMILES string of the molecule is CCOC(=O)C[C@@H](c1ccccc1)[C@H](C(=O)OCC)C(=O)c1ccccn1. The fourth-order valence-corrected chi connectivity index (χ4v) is 2.88. The molecule has 2 atom stereocenters. The van der Waals surface area contributed by atoms with Crippen LogP contribution in [0.1, 0.15) is 42.2 Å². The van der Waals surface area contributed by atoms with Crippen LogP contribution in [0, 0.1) is 5.92 Å². The van der Waals surface area contributed by atoms with E-state index in [4.69, 9.17) is 9.47 Å². The molecule has 0 aliphatic carbocycles. The van der Waals surface area contributed by atoms with Crippen LogP contribution in [0.3, 0.4) is 0 Å². The lowest BCUT2D eigenvalue weighted by Crippen LogP contribution is -2.34. The Morgan fingerprint density at radius 1 is 0.926 bits per heavy atom. The molecule has 0 radical (unpaired) electrons. The van der Waals surface area contributed by atoms with E-state index in [-0.39, 0.29) is 25.3 Å². The third-order valence-corrected chi connectivity index (χ3v) is 4.06. The van der Waals surface area contributed by atoms with Crippen molar-refractivity contribution >= 4 is 17.7 Å². The number of aromatic nitrogens is 1. The predicted molar refractivity (Wildman–Crippen MR) is 99.1 cm³/mol. The van der Waals surface area contributed by atoms with Crippen LogP contribution in [-0.4, -0.2) is 35.9 Å². The molecule has 2 rings (SSSR count). The molecule has 27 heavy (non-hydrogen) atoms. The van der Waals surface area contributed by atoms with Gasteiger partial charge in [0.05, 0.1) is 19.6 Å². The summed E-state index contributed by atoms with van der Waals surface area (Å²) in [6.07, 6.45) is 1.37. The molecule has 0 saturated heterocycles. The second kappa shape index (κ2) is 10.2. The molecule has 0 unspecified atom stereocenters. The summed E-state index contributed by atoms with van der Waals surface area (Å²) in [4.78, 5) is 42.0. The van der Waals surface area contributed by atoms with Crippen molar-refractivity contribution in [3.05, 3.63) is 66.0 Å². The molecule has 2 aromatic rings. The van der Waals surface area contributed by atoms with Gasteiger partial charge in [-0.2, -0.15) is 0 Å². The molecule has 142 valence electrons. The number of carbonyl (C=O) groups is 3. The van der Waals surface area contributed by atoms with Crippen molar-refractivity contribution in [2.24, 2.45) is 5.92 Å². The Labute approximate surface area is 158 Å². The summed E-state index contributed by atoms with van der Waals surface area (Å²) in [6, 6.07) is 13.9. The molecule has 1 heterocycles. The summed E-state index contributed by atoms with van der Waals surface area (Å²) in [6.45, 7) is 3.73. The van der Waals surface area contributed by atoms with E-state index in [1.807, 2.05) is 6.07 Å². The molecule has 0 spiro atoms. The summed E-state index contributed by atoms with van der Waals surface area (Å²) >= 11 is 0. The highest BCUT2D eigenvalue weighted by molar-refractivity contribution is 6.08. The molecule has 0 amide bonds. The number of ketones is 1. The van der Waals surface area contributed by atoms with Gasteiger partial charge in [-0.15, -0.1) is 0 Å². The van der Waals surface area contributed by atoms with E-state index in [0.717, 1.165) is 0 Å². The largest absolute Gasteiger partial charge is 0.466 e. The van der Waals surface area contributed by atoms with E-state index in [0.29, 0.717) is 5.56 Å². The fourth-order valence-electron chi connectivity index (χ4n) is 2.88. The van der Waals surface area contributed by atoms with E-state index in [1.165, 1.54) is 6.20 Å². The van der Waals surface area contributed by atoms with Crippen molar-refractivity contribution in [2.45, 2.75) is 26.2 Å². The van der Waals surface area contributed by atoms with Crippen LogP contribution >= 0.6 is 0 Å². The first-order valence-electron chi connectivity index (χ1n) is 8.90. The topological polar surface area (TPSA) is 82.6 Å². The van der Waals surface area contributed by atoms with E-state index >= 15 is 0 Å². The molecule has 0 aliphatic heterocycles. The van der Waals surface area contributed by atoms with Crippen molar-refractivity contribution in [1.82, 2.24) is 4.98 Å². The number of hydrogen-bond acceptors (Lipinski definition) is 6. The lowest BCUT2D eigenvalue weighted by Gasteiger charge is -2.24. The lowest BCUT2D eigenvalue weighted by molar-refractivity contribution is -0.148. The van der Waals surface area contributed by atoms with Crippen LogP contribution < -0.4 is 0 Å². The minimum Gasteiger partial charge on any atom is -0.466 e. The van der Waals surface area contributed by atoms with Gasteiger partial charge >= 0.3 is 11.9 Å². The first kappa shape index (κ1) is 20.3. The molecule has 6 nitrogen and oxygen atoms in total. The Morgan fingerprint density at radius 2 is 1.59 bits per heavy atom. The number of esters is 2. The number of hydrogen-bond donors (Lipinski definition) is 0. The number of rotatable bonds is 9. The number of Topliss-reactive ketones (excluding diaryl/α,β-unsaturated/α-hetero) is 1. The van der Waals surface area contributed by atoms with E-state index in [1.54, 1.807) is 56.3 Å². The molecule has 0 fully saturated rings. The third-order valence-electron chi connectivity index (χ3n) is 4.06. The Balaban J connectivity index is 2.46. The fraction of sp³-hybridized carbons (Fsp3) is 0.333. The summed E-state index contributed by atoms with van der Waals surface area (Å²) in [7, 11) is 0. The minimum atomic E-state index is -1.19. The molecule has 0 N–H and O–H groups in total. The van der Waals surface area contributed by atoms with Crippen LogP contribution in [-0.2, 0) is 19.1 Å². The Kier molecular flexibility index (Phi) is 7.67. The standard InChI is InChI=1S/C21H23NO5/c1-3-26-18(23)14-16(15-10-6-5-7-11-15)19(21(25)27-4-2)20(24)17-12-8-9-13-22-17/h5-13,16,19H,3-4,14H2,1-2H3/t16-,19-/m0/s1. The first-order chi connectivity index (χ1) is 13.1. The summed E-state index contributed by atoms with van der Waals surface area (Å²) in [5.74, 6) is -3.53. The highest BCUT2D eigenvalue weighted by atomic mass is 16.5. The number of carbonyl (C=O) groups excluding carboxylic acids is 3. The van der Waals surface area contributed by atoms with Gasteiger partial charge in [-0.3, -0.25) is 19.4 Å². The van der Waals surface area contributed by atoms with Crippen LogP contribution in [0.4, 0.5) is 0 Å². The maximum Gasteiger partial charge on any atom is 0.317 e. The molecular weight excluding hydrogens is 346 g/mol. The van der Waals surface area contributed by atoms with Crippen LogP contribution in [0.2, 0.25) is 0 Å². The second-order valence-electron chi connectivity index (χ2n) is 5.84. The van der Waals surface area contributed by atoms with Crippen LogP contribution in [0.5, 0.6) is 0 Å². The monoisotopic (exact) mass is 369 g/mol. The normalized spacial score (nSPS) is 12.7. The van der Waals surface area contributed by atoms with Crippen molar-refractivity contribution in [1.29, 1.82) is 0 Å². The first-order valence-corrected chi connectivity index (χ1v) is 8.90.